The van der Waals surface area contributed by atoms with Crippen LogP contribution in [0.5, 0.6) is 0 Å². The summed E-state index contributed by atoms with van der Waals surface area (Å²) in [6.07, 6.45) is 2.46. The van der Waals surface area contributed by atoms with Gasteiger partial charge >= 0.3 is 0 Å². The van der Waals surface area contributed by atoms with Crippen LogP contribution in [0.2, 0.25) is 0 Å². The number of carbonyl (C=O) groups excluding carboxylic acids is 1. The third-order valence-corrected chi connectivity index (χ3v) is 5.47. The smallest absolute Gasteiger partial charge is 0.248 e. The number of anilines is 1. The standard InChI is InChI=1S/C12H21N5O3S/c1-3-11(18)16-5-4-6-17(8-7-16)21(19,20)10-9-15(2)14-12(10)13/h9H,3-8H2,1-2H3,(H2,13,14). The lowest BCUT2D eigenvalue weighted by molar-refractivity contribution is -0.130. The number of hydrogen-bond donors (Lipinski definition) is 1. The predicted molar refractivity (Wildman–Crippen MR) is 77.9 cm³/mol. The second kappa shape index (κ2) is 6.02. The summed E-state index contributed by atoms with van der Waals surface area (Å²) in [6, 6.07) is 0. The van der Waals surface area contributed by atoms with Crippen LogP contribution in [0, 0.1) is 0 Å². The van der Waals surface area contributed by atoms with E-state index in [1.54, 1.807) is 18.9 Å². The first kappa shape index (κ1) is 15.8. The Balaban J connectivity index is 2.18. The summed E-state index contributed by atoms with van der Waals surface area (Å²) in [4.78, 5) is 13.5. The number of rotatable bonds is 3. The Morgan fingerprint density at radius 2 is 2.05 bits per heavy atom. The van der Waals surface area contributed by atoms with Gasteiger partial charge in [-0.25, -0.2) is 8.42 Å². The molecule has 1 saturated heterocycles. The van der Waals surface area contributed by atoms with E-state index in [0.717, 1.165) is 0 Å². The molecule has 1 amide bonds. The molecule has 2 rings (SSSR count). The Hall–Kier alpha value is -1.61. The highest BCUT2D eigenvalue weighted by Crippen LogP contribution is 2.22. The van der Waals surface area contributed by atoms with Crippen molar-refractivity contribution in [1.82, 2.24) is 19.0 Å². The van der Waals surface area contributed by atoms with Gasteiger partial charge < -0.3 is 10.6 Å². The lowest BCUT2D eigenvalue weighted by Crippen LogP contribution is -2.37. The zero-order valence-electron chi connectivity index (χ0n) is 12.3. The van der Waals surface area contributed by atoms with Crippen LogP contribution in [0.15, 0.2) is 11.1 Å². The van der Waals surface area contributed by atoms with Crippen LogP contribution in [0.1, 0.15) is 19.8 Å². The lowest BCUT2D eigenvalue weighted by Gasteiger charge is -2.21. The first-order chi connectivity index (χ1) is 9.86. The van der Waals surface area contributed by atoms with Crippen molar-refractivity contribution >= 4 is 21.7 Å². The van der Waals surface area contributed by atoms with E-state index >= 15 is 0 Å². The van der Waals surface area contributed by atoms with Crippen LogP contribution >= 0.6 is 0 Å². The summed E-state index contributed by atoms with van der Waals surface area (Å²) in [6.45, 7) is 3.46. The summed E-state index contributed by atoms with van der Waals surface area (Å²) < 4.78 is 28.0. The normalized spacial score (nSPS) is 17.7. The predicted octanol–water partition coefficient (Wildman–Crippen LogP) is -0.365. The maximum atomic E-state index is 12.6. The highest BCUT2D eigenvalue weighted by atomic mass is 32.2. The van der Waals surface area contributed by atoms with Crippen LogP contribution in [0.3, 0.4) is 0 Å². The molecule has 0 aliphatic carbocycles. The number of nitrogen functional groups attached to an aromatic ring is 1. The van der Waals surface area contributed by atoms with Crippen LogP contribution in [-0.4, -0.2) is 59.5 Å². The molecule has 9 heteroatoms. The van der Waals surface area contributed by atoms with E-state index in [4.69, 9.17) is 5.73 Å². The molecule has 1 aliphatic rings. The third-order valence-electron chi connectivity index (χ3n) is 3.55. The zero-order chi connectivity index (χ0) is 15.6. The molecule has 0 aromatic carbocycles. The molecule has 1 fully saturated rings. The van der Waals surface area contributed by atoms with E-state index in [2.05, 4.69) is 5.10 Å². The van der Waals surface area contributed by atoms with E-state index in [0.29, 0.717) is 32.5 Å². The van der Waals surface area contributed by atoms with Crippen LogP contribution < -0.4 is 5.73 Å². The zero-order valence-corrected chi connectivity index (χ0v) is 13.1. The Labute approximate surface area is 124 Å². The lowest BCUT2D eigenvalue weighted by atomic mass is 10.3. The molecule has 0 saturated carbocycles. The van der Waals surface area contributed by atoms with Crippen LogP contribution in [0.25, 0.3) is 0 Å². The molecule has 2 N–H and O–H groups in total. The monoisotopic (exact) mass is 315 g/mol. The Morgan fingerprint density at radius 3 is 2.62 bits per heavy atom. The highest BCUT2D eigenvalue weighted by Gasteiger charge is 2.30. The van der Waals surface area contributed by atoms with Gasteiger partial charge in [-0.05, 0) is 6.42 Å². The van der Waals surface area contributed by atoms with Crippen molar-refractivity contribution in [3.63, 3.8) is 0 Å². The van der Waals surface area contributed by atoms with Gasteiger partial charge in [0.15, 0.2) is 5.82 Å². The van der Waals surface area contributed by atoms with Gasteiger partial charge in [-0.15, -0.1) is 0 Å². The number of aryl methyl sites for hydroxylation is 1. The van der Waals surface area contributed by atoms with E-state index in [9.17, 15) is 13.2 Å². The van der Waals surface area contributed by atoms with Crippen molar-refractivity contribution in [3.8, 4) is 0 Å². The molecule has 0 atom stereocenters. The first-order valence-corrected chi connectivity index (χ1v) is 8.37. The van der Waals surface area contributed by atoms with Crippen molar-refractivity contribution in [2.75, 3.05) is 31.9 Å². The fourth-order valence-corrected chi connectivity index (χ4v) is 3.99. The van der Waals surface area contributed by atoms with Gasteiger partial charge in [-0.2, -0.15) is 9.40 Å². The molecule has 8 nitrogen and oxygen atoms in total. The number of nitrogens with zero attached hydrogens (tertiary/aromatic N) is 4. The van der Waals surface area contributed by atoms with Crippen molar-refractivity contribution in [2.24, 2.45) is 7.05 Å². The maximum Gasteiger partial charge on any atom is 0.248 e. The van der Waals surface area contributed by atoms with Gasteiger partial charge in [0, 0.05) is 45.8 Å². The second-order valence-corrected chi connectivity index (χ2v) is 6.95. The van der Waals surface area contributed by atoms with Crippen LogP contribution in [0.4, 0.5) is 5.82 Å². The molecule has 0 spiro atoms. The van der Waals surface area contributed by atoms with Crippen LogP contribution in [-0.2, 0) is 21.9 Å². The van der Waals surface area contributed by atoms with Crippen molar-refractivity contribution < 1.29 is 13.2 Å². The van der Waals surface area contributed by atoms with Gasteiger partial charge in [-0.3, -0.25) is 9.48 Å². The van der Waals surface area contributed by atoms with Gasteiger partial charge in [0.2, 0.25) is 15.9 Å². The fraction of sp³-hybridized carbons (Fsp3) is 0.667. The number of hydrogen-bond acceptors (Lipinski definition) is 5. The molecule has 0 radical (unpaired) electrons. The van der Waals surface area contributed by atoms with Gasteiger partial charge in [0.05, 0.1) is 0 Å². The molecule has 1 aliphatic heterocycles. The molecule has 21 heavy (non-hydrogen) atoms. The summed E-state index contributed by atoms with van der Waals surface area (Å²) >= 11 is 0. The molecular weight excluding hydrogens is 294 g/mol. The quantitative estimate of drug-likeness (QED) is 0.820. The highest BCUT2D eigenvalue weighted by molar-refractivity contribution is 7.89. The van der Waals surface area contributed by atoms with Crippen molar-refractivity contribution in [3.05, 3.63) is 6.20 Å². The third kappa shape index (κ3) is 3.18. The Morgan fingerprint density at radius 1 is 1.33 bits per heavy atom. The Bertz CT molecular complexity index is 625. The number of sulfonamides is 1. The fourth-order valence-electron chi connectivity index (χ4n) is 2.43. The van der Waals surface area contributed by atoms with E-state index in [-0.39, 0.29) is 23.2 Å². The molecule has 0 unspecified atom stereocenters. The van der Waals surface area contributed by atoms with Crippen molar-refractivity contribution in [2.45, 2.75) is 24.7 Å². The molecule has 118 valence electrons. The van der Waals surface area contributed by atoms with Gasteiger partial charge in [0.25, 0.3) is 0 Å². The number of aromatic nitrogens is 2. The molecule has 1 aromatic heterocycles. The first-order valence-electron chi connectivity index (χ1n) is 6.93. The molecular formula is C12H21N5O3S. The molecule has 1 aromatic rings. The SMILES string of the molecule is CCC(=O)N1CCCN(S(=O)(=O)c2cn(C)nc2N)CC1. The summed E-state index contributed by atoms with van der Waals surface area (Å²) in [5.41, 5.74) is 5.67. The van der Waals surface area contributed by atoms with Gasteiger partial charge in [0.1, 0.15) is 4.90 Å². The van der Waals surface area contributed by atoms with Crippen molar-refractivity contribution in [1.29, 1.82) is 0 Å². The number of carbonyl (C=O) groups is 1. The summed E-state index contributed by atoms with van der Waals surface area (Å²) in [5, 5.41) is 3.88. The average Bonchev–Trinajstić information content (AvgIpc) is 2.67. The number of nitrogens with two attached hydrogens (primary N) is 1. The van der Waals surface area contributed by atoms with E-state index < -0.39 is 10.0 Å². The largest absolute Gasteiger partial charge is 0.381 e. The topological polar surface area (TPSA) is 102 Å². The van der Waals surface area contributed by atoms with E-state index in [1.165, 1.54) is 15.2 Å². The minimum Gasteiger partial charge on any atom is -0.381 e. The Kier molecular flexibility index (Phi) is 4.52. The van der Waals surface area contributed by atoms with E-state index in [1.807, 2.05) is 0 Å². The number of amides is 1. The second-order valence-electron chi connectivity index (χ2n) is 5.04. The summed E-state index contributed by atoms with van der Waals surface area (Å²) in [5.74, 6) is 0.0541. The maximum absolute atomic E-state index is 12.6. The minimum atomic E-state index is -3.66. The minimum absolute atomic E-state index is 0.00300. The average molecular weight is 315 g/mol. The summed E-state index contributed by atoms with van der Waals surface area (Å²) in [7, 11) is -2.04. The molecule has 2 heterocycles. The van der Waals surface area contributed by atoms with Gasteiger partial charge in [-0.1, -0.05) is 6.92 Å². The molecule has 0 bridgehead atoms.